The second-order valence-corrected chi connectivity index (χ2v) is 10.3. The van der Waals surface area contributed by atoms with Crippen molar-refractivity contribution < 1.29 is 17.9 Å². The molecule has 0 unspecified atom stereocenters. The summed E-state index contributed by atoms with van der Waals surface area (Å²) >= 11 is 6.01. The molecule has 2 aromatic heterocycles. The lowest BCUT2D eigenvalue weighted by Gasteiger charge is -2.33. The van der Waals surface area contributed by atoms with E-state index in [0.29, 0.717) is 9.75 Å². The van der Waals surface area contributed by atoms with Crippen LogP contribution in [0.25, 0.3) is 22.3 Å². The molecule has 1 amide bonds. The number of pyridine rings is 1. The summed E-state index contributed by atoms with van der Waals surface area (Å²) in [5.74, 6) is -0.301. The van der Waals surface area contributed by atoms with Gasteiger partial charge in [-0.25, -0.2) is 13.4 Å². The molecule has 0 atom stereocenters. The monoisotopic (exact) mass is 510 g/mol. The van der Waals surface area contributed by atoms with Crippen molar-refractivity contribution in [1.29, 1.82) is 0 Å². The highest BCUT2D eigenvalue weighted by Gasteiger charge is 2.31. The van der Waals surface area contributed by atoms with Crippen molar-refractivity contribution in [2.45, 2.75) is 4.90 Å². The standard InChI is InChI=1S/C23H19ClN6O4S/c24-18-6-4-17-14-19(7-5-16(17)13-18)35(33,34)29-11-9-28(10-12-29)23(31)20-15-25-22(27-26-20)21-3-1-2-8-30(21)32/h1-8,13-15H,9-12H2. The molecule has 1 aliphatic rings. The number of rotatable bonds is 4. The normalized spacial score (nSPS) is 14.8. The van der Waals surface area contributed by atoms with Crippen molar-refractivity contribution in [1.82, 2.24) is 24.4 Å². The molecule has 0 N–H and O–H groups in total. The Kier molecular flexibility index (Phi) is 6.05. The number of fused-ring (bicyclic) bond motifs is 1. The van der Waals surface area contributed by atoms with Crippen molar-refractivity contribution in [3.05, 3.63) is 82.9 Å². The summed E-state index contributed by atoms with van der Waals surface area (Å²) in [6, 6.07) is 15.0. The third-order valence-electron chi connectivity index (χ3n) is 5.77. The Bertz CT molecular complexity index is 1520. The second-order valence-electron chi connectivity index (χ2n) is 7.93. The van der Waals surface area contributed by atoms with Gasteiger partial charge in [-0.1, -0.05) is 23.7 Å². The Morgan fingerprint density at radius 2 is 1.71 bits per heavy atom. The van der Waals surface area contributed by atoms with Crippen LogP contribution in [0.2, 0.25) is 5.02 Å². The van der Waals surface area contributed by atoms with E-state index in [1.807, 2.05) is 0 Å². The van der Waals surface area contributed by atoms with Crippen LogP contribution >= 0.6 is 11.6 Å². The number of carbonyl (C=O) groups excluding carboxylic acids is 1. The smallest absolute Gasteiger partial charge is 0.276 e. The van der Waals surface area contributed by atoms with Crippen LogP contribution in [0.15, 0.2) is 71.9 Å². The van der Waals surface area contributed by atoms with E-state index < -0.39 is 15.9 Å². The van der Waals surface area contributed by atoms with Gasteiger partial charge in [0, 0.05) is 43.3 Å². The minimum atomic E-state index is -3.73. The first-order valence-corrected chi connectivity index (χ1v) is 12.5. The zero-order valence-corrected chi connectivity index (χ0v) is 19.9. The van der Waals surface area contributed by atoms with Gasteiger partial charge in [0.15, 0.2) is 11.9 Å². The van der Waals surface area contributed by atoms with Crippen LogP contribution < -0.4 is 4.73 Å². The maximum atomic E-state index is 13.2. The van der Waals surface area contributed by atoms with Gasteiger partial charge in [-0.2, -0.15) is 9.04 Å². The molecule has 0 radical (unpaired) electrons. The Balaban J connectivity index is 1.27. The van der Waals surface area contributed by atoms with Gasteiger partial charge >= 0.3 is 0 Å². The quantitative estimate of drug-likeness (QED) is 0.304. The average Bonchev–Trinajstić information content (AvgIpc) is 2.88. The summed E-state index contributed by atoms with van der Waals surface area (Å²) in [5.41, 5.74) is 0.237. The molecule has 0 spiro atoms. The molecule has 0 saturated carbocycles. The van der Waals surface area contributed by atoms with Crippen molar-refractivity contribution in [3.8, 4) is 11.5 Å². The zero-order valence-electron chi connectivity index (χ0n) is 18.3. The highest BCUT2D eigenvalue weighted by atomic mass is 35.5. The number of piperazine rings is 1. The van der Waals surface area contributed by atoms with Gasteiger partial charge in [0.05, 0.1) is 11.1 Å². The van der Waals surface area contributed by atoms with E-state index in [0.717, 1.165) is 10.8 Å². The molecule has 3 heterocycles. The van der Waals surface area contributed by atoms with Crippen LogP contribution in [-0.2, 0) is 10.0 Å². The summed E-state index contributed by atoms with van der Waals surface area (Å²) in [6.07, 6.45) is 2.58. The average molecular weight is 511 g/mol. The van der Waals surface area contributed by atoms with Gasteiger partial charge in [0.2, 0.25) is 15.8 Å². The number of hydrogen-bond donors (Lipinski definition) is 0. The fourth-order valence-corrected chi connectivity index (χ4v) is 5.53. The number of benzene rings is 2. The highest BCUT2D eigenvalue weighted by molar-refractivity contribution is 7.89. The minimum Gasteiger partial charge on any atom is -0.618 e. The predicted molar refractivity (Wildman–Crippen MR) is 128 cm³/mol. The maximum absolute atomic E-state index is 13.2. The van der Waals surface area contributed by atoms with Crippen LogP contribution in [0.4, 0.5) is 0 Å². The molecule has 0 bridgehead atoms. The van der Waals surface area contributed by atoms with E-state index in [4.69, 9.17) is 11.6 Å². The first kappa shape index (κ1) is 23.1. The lowest BCUT2D eigenvalue weighted by atomic mass is 10.1. The van der Waals surface area contributed by atoms with E-state index in [1.165, 1.54) is 21.6 Å². The van der Waals surface area contributed by atoms with Crippen LogP contribution in [0, 0.1) is 5.21 Å². The molecule has 10 nitrogen and oxygen atoms in total. The number of carbonyl (C=O) groups is 1. The van der Waals surface area contributed by atoms with Gasteiger partial charge in [0.25, 0.3) is 11.6 Å². The Hall–Kier alpha value is -3.67. The van der Waals surface area contributed by atoms with Crippen molar-refractivity contribution in [3.63, 3.8) is 0 Å². The zero-order chi connectivity index (χ0) is 24.6. The SMILES string of the molecule is O=C(c1cnc(-c2cccc[n+]2[O-])nn1)N1CCN(S(=O)(=O)c2ccc3cc(Cl)ccc3c2)CC1. The van der Waals surface area contributed by atoms with Crippen molar-refractivity contribution in [2.24, 2.45) is 0 Å². The fourth-order valence-electron chi connectivity index (χ4n) is 3.89. The van der Waals surface area contributed by atoms with Crippen LogP contribution in [0.1, 0.15) is 10.5 Å². The molecule has 35 heavy (non-hydrogen) atoms. The Morgan fingerprint density at radius 1 is 0.971 bits per heavy atom. The first-order valence-electron chi connectivity index (χ1n) is 10.7. The Morgan fingerprint density at radius 3 is 2.43 bits per heavy atom. The molecule has 178 valence electrons. The van der Waals surface area contributed by atoms with E-state index in [2.05, 4.69) is 15.2 Å². The third-order valence-corrected chi connectivity index (χ3v) is 7.90. The minimum absolute atomic E-state index is 0.0200. The van der Waals surface area contributed by atoms with Gasteiger partial charge in [-0.15, -0.1) is 10.2 Å². The summed E-state index contributed by atoms with van der Waals surface area (Å²) in [7, 11) is -3.73. The molecule has 1 saturated heterocycles. The van der Waals surface area contributed by atoms with Crippen molar-refractivity contribution in [2.75, 3.05) is 26.2 Å². The lowest BCUT2D eigenvalue weighted by Crippen LogP contribution is -2.50. The molecule has 1 aliphatic heterocycles. The maximum Gasteiger partial charge on any atom is 0.276 e. The van der Waals surface area contributed by atoms with Gasteiger partial charge in [0.1, 0.15) is 0 Å². The third kappa shape index (κ3) is 4.53. The number of sulfonamides is 1. The topological polar surface area (TPSA) is 123 Å². The largest absolute Gasteiger partial charge is 0.618 e. The molecule has 12 heteroatoms. The number of hydrogen-bond acceptors (Lipinski definition) is 7. The fraction of sp³-hybridized carbons (Fsp3) is 0.174. The van der Waals surface area contributed by atoms with E-state index in [1.54, 1.807) is 54.6 Å². The number of halogens is 1. The van der Waals surface area contributed by atoms with Gasteiger partial charge < -0.3 is 10.1 Å². The van der Waals surface area contributed by atoms with Crippen molar-refractivity contribution >= 4 is 38.3 Å². The lowest BCUT2D eigenvalue weighted by molar-refractivity contribution is -0.594. The summed E-state index contributed by atoms with van der Waals surface area (Å²) < 4.78 is 28.3. The predicted octanol–water partition coefficient (Wildman–Crippen LogP) is 2.13. The Labute approximate surface area is 206 Å². The molecule has 1 fully saturated rings. The number of amides is 1. The first-order chi connectivity index (χ1) is 16.8. The molecule has 5 rings (SSSR count). The summed E-state index contributed by atoms with van der Waals surface area (Å²) in [4.78, 5) is 18.6. The van der Waals surface area contributed by atoms with E-state index in [9.17, 15) is 18.4 Å². The second kappa shape index (κ2) is 9.17. The van der Waals surface area contributed by atoms with Crippen LogP contribution in [-0.4, -0.2) is 64.9 Å². The molecule has 2 aromatic carbocycles. The summed E-state index contributed by atoms with van der Waals surface area (Å²) in [5, 5.41) is 21.9. The summed E-state index contributed by atoms with van der Waals surface area (Å²) in [6.45, 7) is 0.686. The van der Waals surface area contributed by atoms with Gasteiger partial charge in [-0.3, -0.25) is 4.79 Å². The molecular formula is C23H19ClN6O4S. The van der Waals surface area contributed by atoms with Crippen LogP contribution in [0.3, 0.4) is 0 Å². The number of nitrogens with zero attached hydrogens (tertiary/aromatic N) is 6. The number of aromatic nitrogens is 4. The van der Waals surface area contributed by atoms with Crippen LogP contribution in [0.5, 0.6) is 0 Å². The molecule has 4 aromatic rings. The highest BCUT2D eigenvalue weighted by Crippen LogP contribution is 2.25. The van der Waals surface area contributed by atoms with Gasteiger partial charge in [-0.05, 0) is 41.1 Å². The molecular weight excluding hydrogens is 492 g/mol. The van der Waals surface area contributed by atoms with E-state index >= 15 is 0 Å². The van der Waals surface area contributed by atoms with E-state index in [-0.39, 0.29) is 48.3 Å². The molecule has 0 aliphatic carbocycles.